The second-order valence-corrected chi connectivity index (χ2v) is 11.7. The van der Waals surface area contributed by atoms with Crippen LogP contribution in [0.5, 0.6) is 11.5 Å². The highest BCUT2D eigenvalue weighted by Crippen LogP contribution is 2.28. The largest absolute Gasteiger partial charge is 0.497 e. The summed E-state index contributed by atoms with van der Waals surface area (Å²) < 4.78 is 60.5. The number of nitrogens with one attached hydrogen (secondary N) is 1. The molecule has 27 heavy (non-hydrogen) atoms. The van der Waals surface area contributed by atoms with Crippen LogP contribution in [0.2, 0.25) is 0 Å². The molecule has 0 bridgehead atoms. The van der Waals surface area contributed by atoms with Crippen molar-refractivity contribution in [2.75, 3.05) is 31.8 Å². The standard InChI is InChI=1S/C17H21NO6S3/c1-23-13-4-6-14(7-5-13)24-9-8-18-15-11-26(19,20)12-16(15)27(21,22)17-3-2-10-25-17/h2-7,10,15-16,18H,8-9,11-12H2,1H3/t15-,16-/m0/s1. The molecule has 1 aromatic heterocycles. The minimum absolute atomic E-state index is 0.190. The van der Waals surface area contributed by atoms with Gasteiger partial charge in [-0.05, 0) is 35.7 Å². The van der Waals surface area contributed by atoms with Crippen LogP contribution in [-0.4, -0.2) is 59.9 Å². The van der Waals surface area contributed by atoms with Crippen LogP contribution in [0.3, 0.4) is 0 Å². The van der Waals surface area contributed by atoms with Crippen LogP contribution in [0.1, 0.15) is 0 Å². The molecular formula is C17H21NO6S3. The molecule has 2 aromatic rings. The topological polar surface area (TPSA) is 98.8 Å². The Balaban J connectivity index is 1.60. The van der Waals surface area contributed by atoms with E-state index in [1.165, 1.54) is 6.07 Å². The molecule has 2 atom stereocenters. The van der Waals surface area contributed by atoms with Gasteiger partial charge < -0.3 is 14.8 Å². The van der Waals surface area contributed by atoms with Gasteiger partial charge in [0.15, 0.2) is 19.7 Å². The lowest BCUT2D eigenvalue weighted by atomic mass is 10.2. The summed E-state index contributed by atoms with van der Waals surface area (Å²) in [5.41, 5.74) is 0. The van der Waals surface area contributed by atoms with E-state index in [0.717, 1.165) is 17.1 Å². The van der Waals surface area contributed by atoms with E-state index in [1.54, 1.807) is 42.8 Å². The minimum Gasteiger partial charge on any atom is -0.497 e. The fourth-order valence-electron chi connectivity index (χ4n) is 2.97. The number of ether oxygens (including phenoxy) is 2. The average Bonchev–Trinajstić information content (AvgIpc) is 3.27. The molecule has 3 rings (SSSR count). The third-order valence-electron chi connectivity index (χ3n) is 4.31. The molecule has 148 valence electrons. The maximum atomic E-state index is 12.8. The molecule has 0 amide bonds. The van der Waals surface area contributed by atoms with Crippen LogP contribution in [-0.2, 0) is 19.7 Å². The van der Waals surface area contributed by atoms with E-state index in [1.807, 2.05) is 0 Å². The zero-order chi connectivity index (χ0) is 19.5. The minimum atomic E-state index is -3.69. The Morgan fingerprint density at radius 3 is 2.48 bits per heavy atom. The molecule has 1 fully saturated rings. The fourth-order valence-corrected chi connectivity index (χ4v) is 8.91. The van der Waals surface area contributed by atoms with Gasteiger partial charge in [-0.15, -0.1) is 11.3 Å². The van der Waals surface area contributed by atoms with Crippen molar-refractivity contribution in [3.05, 3.63) is 41.8 Å². The second-order valence-electron chi connectivity index (χ2n) is 6.18. The molecule has 1 aromatic carbocycles. The normalized spacial score (nSPS) is 21.8. The molecule has 1 N–H and O–H groups in total. The van der Waals surface area contributed by atoms with Gasteiger partial charge in [-0.3, -0.25) is 0 Å². The third-order valence-corrected chi connectivity index (χ3v) is 9.89. The smallest absolute Gasteiger partial charge is 0.193 e. The SMILES string of the molecule is COc1ccc(OCCN[C@H]2CS(=O)(=O)C[C@@H]2S(=O)(=O)c2cccs2)cc1. The van der Waals surface area contributed by atoms with Crippen molar-refractivity contribution < 1.29 is 26.3 Å². The van der Waals surface area contributed by atoms with E-state index in [0.29, 0.717) is 12.3 Å². The van der Waals surface area contributed by atoms with Crippen LogP contribution in [0.4, 0.5) is 0 Å². The predicted molar refractivity (Wildman–Crippen MR) is 104 cm³/mol. The Morgan fingerprint density at radius 1 is 1.15 bits per heavy atom. The van der Waals surface area contributed by atoms with E-state index in [9.17, 15) is 16.8 Å². The van der Waals surface area contributed by atoms with Crippen molar-refractivity contribution in [3.8, 4) is 11.5 Å². The van der Waals surface area contributed by atoms with E-state index >= 15 is 0 Å². The van der Waals surface area contributed by atoms with Gasteiger partial charge in [-0.1, -0.05) is 6.07 Å². The highest BCUT2D eigenvalue weighted by Gasteiger charge is 2.45. The van der Waals surface area contributed by atoms with Gasteiger partial charge >= 0.3 is 0 Å². The number of sulfone groups is 2. The summed E-state index contributed by atoms with van der Waals surface area (Å²) in [6.07, 6.45) is 0. The molecule has 2 heterocycles. The lowest BCUT2D eigenvalue weighted by Gasteiger charge is -2.19. The average molecular weight is 432 g/mol. The second kappa shape index (κ2) is 8.17. The van der Waals surface area contributed by atoms with Crippen molar-refractivity contribution >= 4 is 31.0 Å². The predicted octanol–water partition coefficient (Wildman–Crippen LogP) is 1.36. The number of thiophene rings is 1. The first kappa shape index (κ1) is 20.1. The Morgan fingerprint density at radius 2 is 1.85 bits per heavy atom. The third kappa shape index (κ3) is 4.81. The van der Waals surface area contributed by atoms with Gasteiger partial charge in [0.1, 0.15) is 22.3 Å². The van der Waals surface area contributed by atoms with Crippen LogP contribution in [0, 0.1) is 0 Å². The Bertz CT molecular complexity index is 953. The molecular weight excluding hydrogens is 410 g/mol. The van der Waals surface area contributed by atoms with Gasteiger partial charge in [0.2, 0.25) is 0 Å². The zero-order valence-corrected chi connectivity index (χ0v) is 17.1. The van der Waals surface area contributed by atoms with Gasteiger partial charge in [0.25, 0.3) is 0 Å². The summed E-state index contributed by atoms with van der Waals surface area (Å²) in [4.78, 5) is 0. The Hall–Kier alpha value is -1.62. The molecule has 0 aliphatic carbocycles. The first-order valence-electron chi connectivity index (χ1n) is 8.30. The first-order chi connectivity index (χ1) is 12.8. The molecule has 10 heteroatoms. The van der Waals surface area contributed by atoms with Gasteiger partial charge in [0, 0.05) is 12.6 Å². The van der Waals surface area contributed by atoms with E-state index in [4.69, 9.17) is 9.47 Å². The maximum Gasteiger partial charge on any atom is 0.193 e. The summed E-state index contributed by atoms with van der Waals surface area (Å²) in [5, 5.41) is 3.73. The quantitative estimate of drug-likeness (QED) is 0.630. The van der Waals surface area contributed by atoms with Crippen LogP contribution < -0.4 is 14.8 Å². The van der Waals surface area contributed by atoms with Gasteiger partial charge in [0.05, 0.1) is 23.9 Å². The molecule has 0 spiro atoms. The van der Waals surface area contributed by atoms with Crippen molar-refractivity contribution in [2.45, 2.75) is 15.5 Å². The molecule has 0 radical (unpaired) electrons. The van der Waals surface area contributed by atoms with E-state index in [2.05, 4.69) is 5.32 Å². The van der Waals surface area contributed by atoms with Crippen molar-refractivity contribution in [1.82, 2.24) is 5.32 Å². The first-order valence-corrected chi connectivity index (χ1v) is 12.5. The highest BCUT2D eigenvalue weighted by molar-refractivity contribution is 7.97. The zero-order valence-electron chi connectivity index (χ0n) is 14.7. The highest BCUT2D eigenvalue weighted by atomic mass is 32.2. The lowest BCUT2D eigenvalue weighted by Crippen LogP contribution is -2.44. The van der Waals surface area contributed by atoms with Gasteiger partial charge in [-0.2, -0.15) is 0 Å². The van der Waals surface area contributed by atoms with Gasteiger partial charge in [-0.25, -0.2) is 16.8 Å². The lowest BCUT2D eigenvalue weighted by molar-refractivity contribution is 0.307. The number of benzene rings is 1. The van der Waals surface area contributed by atoms with Crippen molar-refractivity contribution in [1.29, 1.82) is 0 Å². The molecule has 0 saturated carbocycles. The number of rotatable bonds is 8. The monoisotopic (exact) mass is 431 g/mol. The number of hydrogen-bond acceptors (Lipinski definition) is 8. The fraction of sp³-hybridized carbons (Fsp3) is 0.412. The van der Waals surface area contributed by atoms with Crippen molar-refractivity contribution in [2.24, 2.45) is 0 Å². The molecule has 1 aliphatic rings. The summed E-state index contributed by atoms with van der Waals surface area (Å²) in [6, 6.07) is 9.58. The Labute approximate surface area is 163 Å². The van der Waals surface area contributed by atoms with Crippen molar-refractivity contribution in [3.63, 3.8) is 0 Å². The molecule has 0 unspecified atom stereocenters. The van der Waals surface area contributed by atoms with Crippen LogP contribution >= 0.6 is 11.3 Å². The summed E-state index contributed by atoms with van der Waals surface area (Å²) >= 11 is 1.10. The molecule has 7 nitrogen and oxygen atoms in total. The number of methoxy groups -OCH3 is 1. The van der Waals surface area contributed by atoms with E-state index in [-0.39, 0.29) is 22.3 Å². The molecule has 1 saturated heterocycles. The summed E-state index contributed by atoms with van der Waals surface area (Å²) in [7, 11) is -5.52. The Kier molecular flexibility index (Phi) is 6.09. The van der Waals surface area contributed by atoms with E-state index < -0.39 is 31.0 Å². The van der Waals surface area contributed by atoms with Crippen LogP contribution in [0.25, 0.3) is 0 Å². The molecule has 1 aliphatic heterocycles. The maximum absolute atomic E-state index is 12.8. The summed E-state index contributed by atoms with van der Waals surface area (Å²) in [6.45, 7) is 0.622. The number of hydrogen-bond donors (Lipinski definition) is 1. The van der Waals surface area contributed by atoms with Crippen LogP contribution in [0.15, 0.2) is 46.0 Å². The summed E-state index contributed by atoms with van der Waals surface area (Å²) in [5.74, 6) is 0.826.